The summed E-state index contributed by atoms with van der Waals surface area (Å²) in [6.07, 6.45) is 1.65. The molecule has 0 radical (unpaired) electrons. The van der Waals surface area contributed by atoms with Crippen molar-refractivity contribution in [3.8, 4) is 0 Å². The molecule has 0 atom stereocenters. The zero-order chi connectivity index (χ0) is 17.5. The summed E-state index contributed by atoms with van der Waals surface area (Å²) < 4.78 is 14.0. The van der Waals surface area contributed by atoms with Crippen LogP contribution in [0.4, 0.5) is 4.39 Å². The Morgan fingerprint density at radius 2 is 1.75 bits per heavy atom. The summed E-state index contributed by atoms with van der Waals surface area (Å²) in [7, 11) is 0. The van der Waals surface area contributed by atoms with E-state index in [2.05, 4.69) is 16.0 Å². The molecule has 2 aromatic rings. The van der Waals surface area contributed by atoms with Crippen molar-refractivity contribution in [1.29, 1.82) is 0 Å². The van der Waals surface area contributed by atoms with E-state index in [0.29, 0.717) is 6.54 Å². The van der Waals surface area contributed by atoms with Gasteiger partial charge in [0.15, 0.2) is 5.69 Å². The fourth-order valence-corrected chi connectivity index (χ4v) is 1.89. The molecule has 1 heterocycles. The predicted molar refractivity (Wildman–Crippen MR) is 84.7 cm³/mol. The number of unbranched alkanes of at least 4 members (excludes halogenated alkanes) is 1. The Labute approximate surface area is 137 Å². The largest absolute Gasteiger partial charge is 0.290 e. The lowest BCUT2D eigenvalue weighted by molar-refractivity contribution is 0.0842. The fraction of sp³-hybridized carbons (Fsp3) is 0.250. The van der Waals surface area contributed by atoms with Crippen LogP contribution in [-0.2, 0) is 6.54 Å². The highest BCUT2D eigenvalue weighted by Gasteiger charge is 2.12. The standard InChI is InChI=1S/C16H17FN4O3/c1-2-3-10-21-14(22)9-8-13(20-21)16(24)19-18-15(23)11-4-6-12(17)7-5-11/h4-9H,2-3,10H2,1H3,(H,18,23)(H,19,24). The van der Waals surface area contributed by atoms with Crippen LogP contribution in [0.25, 0.3) is 0 Å². The first-order valence-electron chi connectivity index (χ1n) is 7.45. The molecule has 0 saturated heterocycles. The van der Waals surface area contributed by atoms with Crippen LogP contribution < -0.4 is 16.4 Å². The van der Waals surface area contributed by atoms with Gasteiger partial charge in [0, 0.05) is 18.2 Å². The molecule has 0 aliphatic heterocycles. The lowest BCUT2D eigenvalue weighted by atomic mass is 10.2. The van der Waals surface area contributed by atoms with E-state index in [9.17, 15) is 18.8 Å². The topological polar surface area (TPSA) is 93.1 Å². The maximum absolute atomic E-state index is 12.8. The molecule has 0 aliphatic rings. The molecule has 1 aromatic carbocycles. The highest BCUT2D eigenvalue weighted by molar-refractivity contribution is 5.98. The van der Waals surface area contributed by atoms with Crippen molar-refractivity contribution in [2.24, 2.45) is 0 Å². The number of benzene rings is 1. The molecule has 126 valence electrons. The molecule has 1 aromatic heterocycles. The lowest BCUT2D eigenvalue weighted by Crippen LogP contribution is -2.42. The van der Waals surface area contributed by atoms with E-state index in [1.165, 1.54) is 28.9 Å². The molecule has 7 nitrogen and oxygen atoms in total. The van der Waals surface area contributed by atoms with Gasteiger partial charge in [0.05, 0.1) is 0 Å². The van der Waals surface area contributed by atoms with Gasteiger partial charge in [-0.05, 0) is 36.8 Å². The highest BCUT2D eigenvalue weighted by atomic mass is 19.1. The highest BCUT2D eigenvalue weighted by Crippen LogP contribution is 2.02. The number of carbonyl (C=O) groups is 2. The van der Waals surface area contributed by atoms with Gasteiger partial charge in [0.1, 0.15) is 5.82 Å². The number of hydrogen-bond acceptors (Lipinski definition) is 4. The maximum Gasteiger partial charge on any atom is 0.290 e. The minimum atomic E-state index is -0.657. The molecule has 2 amide bonds. The normalized spacial score (nSPS) is 10.2. The van der Waals surface area contributed by atoms with E-state index in [-0.39, 0.29) is 16.8 Å². The molecule has 8 heteroatoms. The van der Waals surface area contributed by atoms with Crippen LogP contribution in [0.1, 0.15) is 40.6 Å². The van der Waals surface area contributed by atoms with Gasteiger partial charge in [-0.25, -0.2) is 9.07 Å². The Balaban J connectivity index is 2.00. The third-order valence-electron chi connectivity index (χ3n) is 3.22. The number of amides is 2. The zero-order valence-electron chi connectivity index (χ0n) is 13.1. The van der Waals surface area contributed by atoms with E-state index in [1.54, 1.807) is 0 Å². The molecule has 0 fully saturated rings. The van der Waals surface area contributed by atoms with Crippen LogP contribution in [0, 0.1) is 5.82 Å². The Morgan fingerprint density at radius 1 is 1.08 bits per heavy atom. The number of hydrazine groups is 1. The summed E-state index contributed by atoms with van der Waals surface area (Å²) in [5.74, 6) is -1.72. The lowest BCUT2D eigenvalue weighted by Gasteiger charge is -2.08. The third kappa shape index (κ3) is 4.48. The van der Waals surface area contributed by atoms with Crippen molar-refractivity contribution >= 4 is 11.8 Å². The van der Waals surface area contributed by atoms with Crippen molar-refractivity contribution in [1.82, 2.24) is 20.6 Å². The third-order valence-corrected chi connectivity index (χ3v) is 3.22. The van der Waals surface area contributed by atoms with Crippen molar-refractivity contribution in [2.45, 2.75) is 26.3 Å². The predicted octanol–water partition coefficient (Wildman–Crippen LogP) is 1.26. The van der Waals surface area contributed by atoms with Crippen LogP contribution in [0.2, 0.25) is 0 Å². The van der Waals surface area contributed by atoms with Gasteiger partial charge in [-0.1, -0.05) is 13.3 Å². The summed E-state index contributed by atoms with van der Waals surface area (Å²) >= 11 is 0. The minimum absolute atomic E-state index is 0.00473. The first kappa shape index (κ1) is 17.3. The van der Waals surface area contributed by atoms with Crippen molar-refractivity contribution in [3.05, 3.63) is 63.8 Å². The van der Waals surface area contributed by atoms with Crippen molar-refractivity contribution in [3.63, 3.8) is 0 Å². The molecule has 0 aliphatic carbocycles. The zero-order valence-corrected chi connectivity index (χ0v) is 13.1. The smallest absolute Gasteiger partial charge is 0.268 e. The molecule has 24 heavy (non-hydrogen) atoms. The van der Waals surface area contributed by atoms with E-state index >= 15 is 0 Å². The van der Waals surface area contributed by atoms with Gasteiger partial charge in [0.25, 0.3) is 17.4 Å². The Bertz CT molecular complexity index is 787. The Hall–Kier alpha value is -3.03. The quantitative estimate of drug-likeness (QED) is 0.806. The van der Waals surface area contributed by atoms with Gasteiger partial charge >= 0.3 is 0 Å². The van der Waals surface area contributed by atoms with Crippen molar-refractivity contribution < 1.29 is 14.0 Å². The SMILES string of the molecule is CCCCn1nc(C(=O)NNC(=O)c2ccc(F)cc2)ccc1=O. The molecule has 2 rings (SSSR count). The minimum Gasteiger partial charge on any atom is -0.268 e. The number of nitrogens with zero attached hydrogens (tertiary/aromatic N) is 2. The number of hydrogen-bond donors (Lipinski definition) is 2. The van der Waals surface area contributed by atoms with Gasteiger partial charge in [0.2, 0.25) is 0 Å². The van der Waals surface area contributed by atoms with Crippen LogP contribution in [0.3, 0.4) is 0 Å². The Morgan fingerprint density at radius 3 is 2.42 bits per heavy atom. The molecular weight excluding hydrogens is 315 g/mol. The maximum atomic E-state index is 12.8. The molecule has 0 saturated carbocycles. The molecule has 0 bridgehead atoms. The summed E-state index contributed by atoms with van der Waals surface area (Å²) in [6, 6.07) is 7.40. The fourth-order valence-electron chi connectivity index (χ4n) is 1.89. The van der Waals surface area contributed by atoms with Crippen LogP contribution in [0.15, 0.2) is 41.2 Å². The number of halogens is 1. The number of nitrogens with one attached hydrogen (secondary N) is 2. The Kier molecular flexibility index (Phi) is 5.78. The van der Waals surface area contributed by atoms with Crippen LogP contribution >= 0.6 is 0 Å². The van der Waals surface area contributed by atoms with Crippen LogP contribution in [-0.4, -0.2) is 21.6 Å². The average Bonchev–Trinajstić information content (AvgIpc) is 2.59. The molecule has 0 unspecified atom stereocenters. The first-order chi connectivity index (χ1) is 11.5. The first-order valence-corrected chi connectivity index (χ1v) is 7.45. The summed E-state index contributed by atoms with van der Waals surface area (Å²) in [5, 5.41) is 3.96. The summed E-state index contributed by atoms with van der Waals surface area (Å²) in [6.45, 7) is 2.39. The van der Waals surface area contributed by atoms with E-state index < -0.39 is 17.6 Å². The second kappa shape index (κ2) is 8.00. The number of aromatic nitrogens is 2. The van der Waals surface area contributed by atoms with Gasteiger partial charge in [-0.3, -0.25) is 25.2 Å². The van der Waals surface area contributed by atoms with E-state index in [1.807, 2.05) is 6.92 Å². The average molecular weight is 332 g/mol. The number of aryl methyl sites for hydroxylation is 1. The van der Waals surface area contributed by atoms with Crippen LogP contribution in [0.5, 0.6) is 0 Å². The molecular formula is C16H17FN4O3. The van der Waals surface area contributed by atoms with Gasteiger partial charge in [-0.2, -0.15) is 5.10 Å². The summed E-state index contributed by atoms with van der Waals surface area (Å²) in [4.78, 5) is 35.5. The van der Waals surface area contributed by atoms with E-state index in [0.717, 1.165) is 25.0 Å². The molecule has 2 N–H and O–H groups in total. The van der Waals surface area contributed by atoms with E-state index in [4.69, 9.17) is 0 Å². The number of rotatable bonds is 5. The molecule has 0 spiro atoms. The van der Waals surface area contributed by atoms with Gasteiger partial charge < -0.3 is 0 Å². The second-order valence-electron chi connectivity index (χ2n) is 5.05. The second-order valence-corrected chi connectivity index (χ2v) is 5.05. The monoisotopic (exact) mass is 332 g/mol. The van der Waals surface area contributed by atoms with Crippen molar-refractivity contribution in [2.75, 3.05) is 0 Å². The summed E-state index contributed by atoms with van der Waals surface area (Å²) in [5.41, 5.74) is 4.31. The number of carbonyl (C=O) groups excluding carboxylic acids is 2. The van der Waals surface area contributed by atoms with Gasteiger partial charge in [-0.15, -0.1) is 0 Å².